The number of carbonyl (C=O) groups is 3. The first-order valence-electron chi connectivity index (χ1n) is 10.7. The van der Waals surface area contributed by atoms with Crippen molar-refractivity contribution < 1.29 is 28.6 Å². The third-order valence-corrected chi connectivity index (χ3v) is 5.42. The Morgan fingerprint density at radius 3 is 2.43 bits per heavy atom. The molecule has 3 atom stereocenters. The molecule has 1 N–H and O–H groups in total. The highest BCUT2D eigenvalue weighted by Gasteiger charge is 2.33. The summed E-state index contributed by atoms with van der Waals surface area (Å²) >= 11 is 0. The Morgan fingerprint density at radius 1 is 1.10 bits per heavy atom. The molecular weight excluding hydrogens is 386 g/mol. The van der Waals surface area contributed by atoms with E-state index in [9.17, 15) is 14.4 Å². The average molecular weight is 420 g/mol. The standard InChI is InChI=1S/C23H33NO6/c1-5-28-18-9-7-17(8-10-18)23(27)24-13-21(25)29-14-22(26)30-20-12-16(4)6-11-19(20)15(2)3/h7-10,15-16,19-20H,5-6,11-14H2,1-4H3,(H,24,27). The molecule has 1 fully saturated rings. The van der Waals surface area contributed by atoms with Gasteiger partial charge in [0.1, 0.15) is 18.4 Å². The van der Waals surface area contributed by atoms with Gasteiger partial charge in [0.15, 0.2) is 6.61 Å². The normalized spacial score (nSPS) is 21.0. The van der Waals surface area contributed by atoms with Gasteiger partial charge in [-0.1, -0.05) is 27.2 Å². The van der Waals surface area contributed by atoms with Crippen LogP contribution in [0.4, 0.5) is 0 Å². The third-order valence-electron chi connectivity index (χ3n) is 5.42. The Kier molecular flexibility index (Phi) is 9.15. The predicted octanol–water partition coefficient (Wildman–Crippen LogP) is 3.36. The van der Waals surface area contributed by atoms with E-state index >= 15 is 0 Å². The molecule has 0 aliphatic heterocycles. The van der Waals surface area contributed by atoms with Gasteiger partial charge in [-0.15, -0.1) is 0 Å². The number of amides is 1. The van der Waals surface area contributed by atoms with Gasteiger partial charge in [0, 0.05) is 5.56 Å². The Hall–Kier alpha value is -2.57. The first-order chi connectivity index (χ1) is 14.3. The molecule has 0 aromatic heterocycles. The Bertz CT molecular complexity index is 715. The molecule has 7 nitrogen and oxygen atoms in total. The van der Waals surface area contributed by atoms with Crippen LogP contribution in [-0.4, -0.2) is 43.7 Å². The minimum atomic E-state index is -0.691. The first-order valence-corrected chi connectivity index (χ1v) is 10.7. The lowest BCUT2D eigenvalue weighted by Gasteiger charge is -2.36. The lowest BCUT2D eigenvalue weighted by molar-refractivity contribution is -0.166. The van der Waals surface area contributed by atoms with Gasteiger partial charge >= 0.3 is 11.9 Å². The monoisotopic (exact) mass is 419 g/mol. The van der Waals surface area contributed by atoms with Gasteiger partial charge in [-0.05, 0) is 61.8 Å². The molecule has 30 heavy (non-hydrogen) atoms. The smallest absolute Gasteiger partial charge is 0.344 e. The number of hydrogen-bond donors (Lipinski definition) is 1. The summed E-state index contributed by atoms with van der Waals surface area (Å²) in [6, 6.07) is 6.59. The van der Waals surface area contributed by atoms with Gasteiger partial charge in [0.2, 0.25) is 0 Å². The molecule has 0 bridgehead atoms. The third kappa shape index (κ3) is 7.35. The Labute approximate surface area is 178 Å². The van der Waals surface area contributed by atoms with Crippen LogP contribution < -0.4 is 10.1 Å². The summed E-state index contributed by atoms with van der Waals surface area (Å²) in [6.45, 7) is 8.06. The highest BCUT2D eigenvalue weighted by Crippen LogP contribution is 2.35. The van der Waals surface area contributed by atoms with Gasteiger partial charge in [0.05, 0.1) is 6.61 Å². The molecule has 1 saturated carbocycles. The maximum Gasteiger partial charge on any atom is 0.344 e. The van der Waals surface area contributed by atoms with Crippen LogP contribution in [0.3, 0.4) is 0 Å². The topological polar surface area (TPSA) is 90.9 Å². The van der Waals surface area contributed by atoms with Crippen molar-refractivity contribution in [3.05, 3.63) is 29.8 Å². The van der Waals surface area contributed by atoms with E-state index in [1.54, 1.807) is 24.3 Å². The van der Waals surface area contributed by atoms with Crippen LogP contribution in [0.1, 0.15) is 57.3 Å². The van der Waals surface area contributed by atoms with Crippen LogP contribution in [0.5, 0.6) is 5.75 Å². The zero-order valence-electron chi connectivity index (χ0n) is 18.3. The van der Waals surface area contributed by atoms with Crippen LogP contribution in [0, 0.1) is 17.8 Å². The quantitative estimate of drug-likeness (QED) is 0.617. The molecule has 1 aliphatic carbocycles. The maximum atomic E-state index is 12.1. The summed E-state index contributed by atoms with van der Waals surface area (Å²) in [5.74, 6) is 0.283. The van der Waals surface area contributed by atoms with Crippen molar-refractivity contribution in [3.8, 4) is 5.75 Å². The minimum Gasteiger partial charge on any atom is -0.494 e. The first kappa shape index (κ1) is 23.7. The SMILES string of the molecule is CCOc1ccc(C(=O)NCC(=O)OCC(=O)OC2CC(C)CCC2C(C)C)cc1. The van der Waals surface area contributed by atoms with Gasteiger partial charge in [-0.2, -0.15) is 0 Å². The summed E-state index contributed by atoms with van der Waals surface area (Å²) in [7, 11) is 0. The van der Waals surface area contributed by atoms with Crippen molar-refractivity contribution in [2.24, 2.45) is 17.8 Å². The zero-order valence-corrected chi connectivity index (χ0v) is 18.3. The fraction of sp³-hybridized carbons (Fsp3) is 0.609. The summed E-state index contributed by atoms with van der Waals surface area (Å²) < 4.78 is 15.9. The molecular formula is C23H33NO6. The molecule has 0 spiro atoms. The molecule has 0 radical (unpaired) electrons. The number of rotatable bonds is 9. The van der Waals surface area contributed by atoms with Crippen molar-refractivity contribution in [1.29, 1.82) is 0 Å². The number of carbonyl (C=O) groups excluding carboxylic acids is 3. The van der Waals surface area contributed by atoms with Crippen molar-refractivity contribution in [3.63, 3.8) is 0 Å². The molecule has 1 aliphatic rings. The number of esters is 2. The number of nitrogens with one attached hydrogen (secondary N) is 1. The molecule has 7 heteroatoms. The van der Waals surface area contributed by atoms with Crippen LogP contribution in [0.25, 0.3) is 0 Å². The van der Waals surface area contributed by atoms with Gasteiger partial charge in [-0.25, -0.2) is 4.79 Å². The van der Waals surface area contributed by atoms with E-state index in [0.29, 0.717) is 35.7 Å². The van der Waals surface area contributed by atoms with Crippen LogP contribution in [0.2, 0.25) is 0 Å². The molecule has 2 rings (SSSR count). The Morgan fingerprint density at radius 2 is 1.80 bits per heavy atom. The minimum absolute atomic E-state index is 0.140. The average Bonchev–Trinajstić information content (AvgIpc) is 2.71. The van der Waals surface area contributed by atoms with E-state index in [1.165, 1.54) is 0 Å². The summed E-state index contributed by atoms with van der Waals surface area (Å²) in [6.07, 6.45) is 2.87. The lowest BCUT2D eigenvalue weighted by Crippen LogP contribution is -2.37. The van der Waals surface area contributed by atoms with Gasteiger partial charge < -0.3 is 19.5 Å². The fourth-order valence-electron chi connectivity index (χ4n) is 3.77. The Balaban J connectivity index is 1.73. The zero-order chi connectivity index (χ0) is 22.1. The summed E-state index contributed by atoms with van der Waals surface area (Å²) in [4.78, 5) is 36.1. The molecule has 0 heterocycles. The summed E-state index contributed by atoms with van der Waals surface area (Å²) in [5, 5.41) is 2.48. The van der Waals surface area contributed by atoms with Crippen molar-refractivity contribution >= 4 is 17.8 Å². The van der Waals surface area contributed by atoms with Gasteiger partial charge in [-0.3, -0.25) is 9.59 Å². The lowest BCUT2D eigenvalue weighted by atomic mass is 9.75. The van der Waals surface area contributed by atoms with E-state index in [2.05, 4.69) is 26.1 Å². The van der Waals surface area contributed by atoms with E-state index in [1.807, 2.05) is 6.92 Å². The number of benzene rings is 1. The number of ether oxygens (including phenoxy) is 3. The van der Waals surface area contributed by atoms with E-state index in [-0.39, 0.29) is 12.6 Å². The molecule has 3 unspecified atom stereocenters. The second-order valence-electron chi connectivity index (χ2n) is 8.16. The van der Waals surface area contributed by atoms with Crippen molar-refractivity contribution in [2.45, 2.75) is 53.1 Å². The molecule has 166 valence electrons. The fourth-order valence-corrected chi connectivity index (χ4v) is 3.77. The second-order valence-corrected chi connectivity index (χ2v) is 8.16. The van der Waals surface area contributed by atoms with E-state index in [0.717, 1.165) is 19.3 Å². The molecule has 1 aromatic carbocycles. The molecule has 1 amide bonds. The van der Waals surface area contributed by atoms with Crippen LogP contribution >= 0.6 is 0 Å². The second kappa shape index (κ2) is 11.6. The number of hydrogen-bond acceptors (Lipinski definition) is 6. The van der Waals surface area contributed by atoms with Crippen LogP contribution in [0.15, 0.2) is 24.3 Å². The molecule has 0 saturated heterocycles. The highest BCUT2D eigenvalue weighted by atomic mass is 16.6. The van der Waals surface area contributed by atoms with Crippen molar-refractivity contribution in [2.75, 3.05) is 19.8 Å². The molecule has 1 aromatic rings. The van der Waals surface area contributed by atoms with E-state index < -0.39 is 24.5 Å². The highest BCUT2D eigenvalue weighted by molar-refractivity contribution is 5.96. The van der Waals surface area contributed by atoms with Gasteiger partial charge in [0.25, 0.3) is 5.91 Å². The van der Waals surface area contributed by atoms with Crippen molar-refractivity contribution in [1.82, 2.24) is 5.32 Å². The largest absolute Gasteiger partial charge is 0.494 e. The van der Waals surface area contributed by atoms with E-state index in [4.69, 9.17) is 14.2 Å². The summed E-state index contributed by atoms with van der Waals surface area (Å²) in [5.41, 5.74) is 0.400. The van der Waals surface area contributed by atoms with Crippen LogP contribution in [-0.2, 0) is 19.1 Å². The predicted molar refractivity (Wildman–Crippen MR) is 112 cm³/mol. The maximum absolute atomic E-state index is 12.1.